The first-order valence-electron chi connectivity index (χ1n) is 9.24. The van der Waals surface area contributed by atoms with E-state index in [9.17, 15) is 9.59 Å². The maximum Gasteiger partial charge on any atom is 0.255 e. The van der Waals surface area contributed by atoms with Crippen LogP contribution in [0.5, 0.6) is 0 Å². The summed E-state index contributed by atoms with van der Waals surface area (Å²) in [5.41, 5.74) is 3.98. The first-order chi connectivity index (χ1) is 14.0. The van der Waals surface area contributed by atoms with Crippen LogP contribution in [0.3, 0.4) is 0 Å². The minimum absolute atomic E-state index is 0.0969. The minimum Gasteiger partial charge on any atom is -0.374 e. The van der Waals surface area contributed by atoms with E-state index < -0.39 is 0 Å². The Morgan fingerprint density at radius 1 is 0.862 bits per heavy atom. The van der Waals surface area contributed by atoms with E-state index >= 15 is 0 Å². The van der Waals surface area contributed by atoms with Crippen LogP contribution in [-0.2, 0) is 11.3 Å². The molecule has 0 aromatic heterocycles. The number of hydrogen-bond donors (Lipinski definition) is 3. The predicted octanol–water partition coefficient (Wildman–Crippen LogP) is 4.63. The lowest BCUT2D eigenvalue weighted by atomic mass is 10.1. The molecule has 3 aromatic carbocycles. The Kier molecular flexibility index (Phi) is 6.87. The summed E-state index contributed by atoms with van der Waals surface area (Å²) in [6.45, 7) is 2.58. The largest absolute Gasteiger partial charge is 0.374 e. The van der Waals surface area contributed by atoms with Gasteiger partial charge in [0.2, 0.25) is 5.91 Å². The van der Waals surface area contributed by atoms with Gasteiger partial charge in [-0.25, -0.2) is 0 Å². The van der Waals surface area contributed by atoms with Crippen LogP contribution >= 0.6 is 11.6 Å². The molecule has 0 spiro atoms. The van der Waals surface area contributed by atoms with Gasteiger partial charge in [0.15, 0.2) is 0 Å². The van der Waals surface area contributed by atoms with E-state index in [1.54, 1.807) is 30.3 Å². The molecule has 0 aliphatic heterocycles. The number of aryl methyl sites for hydroxylation is 1. The third-order valence-corrected chi connectivity index (χ3v) is 4.71. The average Bonchev–Trinajstić information content (AvgIpc) is 2.73. The van der Waals surface area contributed by atoms with E-state index in [0.29, 0.717) is 28.5 Å². The van der Waals surface area contributed by atoms with Crippen LogP contribution in [-0.4, -0.2) is 18.4 Å². The molecule has 0 atom stereocenters. The second-order valence-electron chi connectivity index (χ2n) is 6.56. The van der Waals surface area contributed by atoms with E-state index in [1.165, 1.54) is 0 Å². The minimum atomic E-state index is -0.250. The summed E-state index contributed by atoms with van der Waals surface area (Å²) in [7, 11) is 0. The topological polar surface area (TPSA) is 70.2 Å². The summed E-state index contributed by atoms with van der Waals surface area (Å²) in [5, 5.41) is 9.41. The third kappa shape index (κ3) is 5.83. The Morgan fingerprint density at radius 3 is 2.24 bits per heavy atom. The van der Waals surface area contributed by atoms with Crippen molar-refractivity contribution >= 4 is 34.8 Å². The zero-order valence-corrected chi connectivity index (χ0v) is 16.8. The van der Waals surface area contributed by atoms with Crippen molar-refractivity contribution < 1.29 is 9.59 Å². The fraction of sp³-hybridized carbons (Fsp3) is 0.130. The monoisotopic (exact) mass is 407 g/mol. The lowest BCUT2D eigenvalue weighted by Gasteiger charge is -2.13. The number of benzene rings is 3. The Balaban J connectivity index is 1.57. The number of carbonyl (C=O) groups is 2. The van der Waals surface area contributed by atoms with Crippen molar-refractivity contribution in [3.05, 3.63) is 94.5 Å². The molecule has 0 saturated heterocycles. The summed E-state index contributed by atoms with van der Waals surface area (Å²) in [6, 6.07) is 21.8. The summed E-state index contributed by atoms with van der Waals surface area (Å²) < 4.78 is 0. The van der Waals surface area contributed by atoms with Gasteiger partial charge >= 0.3 is 0 Å². The fourth-order valence-corrected chi connectivity index (χ4v) is 2.91. The standard InChI is InChI=1S/C23H22ClN3O2/c1-16-6-2-3-7-18(16)14-26-22(28)15-25-20-8-4-5-9-21(20)27-23(29)17-10-12-19(24)13-11-17/h2-13,25H,14-15H2,1H3,(H,26,28)(H,27,29). The molecule has 3 rings (SSSR count). The molecule has 29 heavy (non-hydrogen) atoms. The van der Waals surface area contributed by atoms with E-state index in [1.807, 2.05) is 49.4 Å². The summed E-state index contributed by atoms with van der Waals surface area (Å²) in [5.74, 6) is -0.382. The van der Waals surface area contributed by atoms with Gasteiger partial charge in [0.25, 0.3) is 5.91 Å². The highest BCUT2D eigenvalue weighted by Gasteiger charge is 2.10. The van der Waals surface area contributed by atoms with E-state index in [2.05, 4.69) is 16.0 Å². The molecule has 0 aliphatic rings. The predicted molar refractivity (Wildman–Crippen MR) is 117 cm³/mol. The lowest BCUT2D eigenvalue weighted by Crippen LogP contribution is -2.29. The third-order valence-electron chi connectivity index (χ3n) is 4.46. The number of carbonyl (C=O) groups excluding carboxylic acids is 2. The lowest BCUT2D eigenvalue weighted by molar-refractivity contribution is -0.119. The first-order valence-corrected chi connectivity index (χ1v) is 9.62. The van der Waals surface area contributed by atoms with Crippen LogP contribution < -0.4 is 16.0 Å². The molecule has 5 nitrogen and oxygen atoms in total. The Labute approximate surface area is 175 Å². The van der Waals surface area contributed by atoms with E-state index in [4.69, 9.17) is 11.6 Å². The average molecular weight is 408 g/mol. The molecule has 0 bridgehead atoms. The van der Waals surface area contributed by atoms with Gasteiger partial charge < -0.3 is 16.0 Å². The summed E-state index contributed by atoms with van der Waals surface area (Å²) in [6.07, 6.45) is 0. The number of nitrogens with one attached hydrogen (secondary N) is 3. The fourth-order valence-electron chi connectivity index (χ4n) is 2.78. The van der Waals surface area contributed by atoms with Crippen molar-refractivity contribution in [2.75, 3.05) is 17.2 Å². The SMILES string of the molecule is Cc1ccccc1CNC(=O)CNc1ccccc1NC(=O)c1ccc(Cl)cc1. The maximum atomic E-state index is 12.4. The molecule has 0 saturated carbocycles. The van der Waals surface area contributed by atoms with Crippen molar-refractivity contribution in [3.63, 3.8) is 0 Å². The van der Waals surface area contributed by atoms with E-state index in [-0.39, 0.29) is 18.4 Å². The molecule has 2 amide bonds. The van der Waals surface area contributed by atoms with Crippen LogP contribution in [0.1, 0.15) is 21.5 Å². The van der Waals surface area contributed by atoms with Gasteiger partial charge in [0, 0.05) is 17.1 Å². The van der Waals surface area contributed by atoms with Gasteiger partial charge in [-0.15, -0.1) is 0 Å². The Hall–Kier alpha value is -3.31. The number of anilines is 2. The Morgan fingerprint density at radius 2 is 1.52 bits per heavy atom. The van der Waals surface area contributed by atoms with Gasteiger partial charge in [-0.2, -0.15) is 0 Å². The van der Waals surface area contributed by atoms with Gasteiger partial charge in [-0.05, 0) is 54.4 Å². The van der Waals surface area contributed by atoms with E-state index in [0.717, 1.165) is 11.1 Å². The highest BCUT2D eigenvalue weighted by Crippen LogP contribution is 2.22. The molecule has 3 N–H and O–H groups in total. The zero-order valence-electron chi connectivity index (χ0n) is 16.0. The van der Waals surface area contributed by atoms with Gasteiger partial charge in [-0.3, -0.25) is 9.59 Å². The normalized spacial score (nSPS) is 10.3. The highest BCUT2D eigenvalue weighted by atomic mass is 35.5. The van der Waals surface area contributed by atoms with Crippen molar-refractivity contribution in [3.8, 4) is 0 Å². The summed E-state index contributed by atoms with van der Waals surface area (Å²) in [4.78, 5) is 24.7. The van der Waals surface area contributed by atoms with Gasteiger partial charge in [0.05, 0.1) is 17.9 Å². The maximum absolute atomic E-state index is 12.4. The number of para-hydroxylation sites is 2. The van der Waals surface area contributed by atoms with Crippen molar-refractivity contribution in [1.82, 2.24) is 5.32 Å². The van der Waals surface area contributed by atoms with Crippen LogP contribution in [0.25, 0.3) is 0 Å². The molecule has 6 heteroatoms. The van der Waals surface area contributed by atoms with Crippen molar-refractivity contribution in [1.29, 1.82) is 0 Å². The molecule has 148 valence electrons. The van der Waals surface area contributed by atoms with Gasteiger partial charge in [-0.1, -0.05) is 48.0 Å². The molecule has 0 radical (unpaired) electrons. The number of amides is 2. The van der Waals surface area contributed by atoms with Crippen molar-refractivity contribution in [2.24, 2.45) is 0 Å². The summed E-state index contributed by atoms with van der Waals surface area (Å²) >= 11 is 5.87. The second kappa shape index (κ2) is 9.75. The number of halogens is 1. The smallest absolute Gasteiger partial charge is 0.255 e. The quantitative estimate of drug-likeness (QED) is 0.534. The Bertz CT molecular complexity index is 1000. The van der Waals surface area contributed by atoms with Crippen LogP contribution in [0, 0.1) is 6.92 Å². The molecular weight excluding hydrogens is 386 g/mol. The first kappa shape index (κ1) is 20.4. The van der Waals surface area contributed by atoms with Crippen molar-refractivity contribution in [2.45, 2.75) is 13.5 Å². The van der Waals surface area contributed by atoms with Crippen LogP contribution in [0.4, 0.5) is 11.4 Å². The van der Waals surface area contributed by atoms with Gasteiger partial charge in [0.1, 0.15) is 0 Å². The van der Waals surface area contributed by atoms with Crippen LogP contribution in [0.2, 0.25) is 5.02 Å². The zero-order chi connectivity index (χ0) is 20.6. The molecular formula is C23H22ClN3O2. The molecule has 0 unspecified atom stereocenters. The molecule has 0 aliphatic carbocycles. The molecule has 0 fully saturated rings. The highest BCUT2D eigenvalue weighted by molar-refractivity contribution is 6.30. The molecule has 3 aromatic rings. The van der Waals surface area contributed by atoms with Crippen LogP contribution in [0.15, 0.2) is 72.8 Å². The number of hydrogen-bond acceptors (Lipinski definition) is 3. The molecule has 0 heterocycles. The number of rotatable bonds is 7. The second-order valence-corrected chi connectivity index (χ2v) is 7.00.